The molecule has 0 saturated heterocycles. The fourth-order valence-corrected chi connectivity index (χ4v) is 3.69. The van der Waals surface area contributed by atoms with Crippen molar-refractivity contribution in [2.75, 3.05) is 0 Å². The number of nitrogens with zero attached hydrogens (tertiary/aromatic N) is 1. The van der Waals surface area contributed by atoms with Gasteiger partial charge in [0.05, 0.1) is 11.2 Å². The Bertz CT molecular complexity index is 1160. The Kier molecular flexibility index (Phi) is 3.96. The standard InChI is InChI=1S/C23H19NO3/c1-14-18-12-19(23(26)27)21(25)13-20(18)24(2)22(14)17-10-8-16(9-11-17)15-6-4-3-5-7-15/h3-13,25H,1-2H3,(H,26,27). The molecule has 0 bridgehead atoms. The van der Waals surface area contributed by atoms with Crippen LogP contribution in [0.3, 0.4) is 0 Å². The molecule has 0 aliphatic heterocycles. The maximum absolute atomic E-state index is 11.3. The van der Waals surface area contributed by atoms with E-state index in [2.05, 4.69) is 36.4 Å². The molecule has 0 unspecified atom stereocenters. The first-order chi connectivity index (χ1) is 13.0. The van der Waals surface area contributed by atoms with Gasteiger partial charge in [0.25, 0.3) is 0 Å². The lowest BCUT2D eigenvalue weighted by molar-refractivity contribution is 0.0694. The Balaban J connectivity index is 1.85. The van der Waals surface area contributed by atoms with Gasteiger partial charge in [0.2, 0.25) is 0 Å². The highest BCUT2D eigenvalue weighted by Crippen LogP contribution is 2.36. The van der Waals surface area contributed by atoms with Crippen molar-refractivity contribution in [3.8, 4) is 28.1 Å². The van der Waals surface area contributed by atoms with Gasteiger partial charge in [-0.25, -0.2) is 4.79 Å². The fraction of sp³-hybridized carbons (Fsp3) is 0.0870. The summed E-state index contributed by atoms with van der Waals surface area (Å²) in [4.78, 5) is 11.3. The average molecular weight is 357 g/mol. The Hall–Kier alpha value is -3.53. The Labute approximate surface area is 156 Å². The molecule has 0 amide bonds. The van der Waals surface area contributed by atoms with Crippen molar-refractivity contribution in [1.82, 2.24) is 4.57 Å². The van der Waals surface area contributed by atoms with Gasteiger partial charge in [-0.2, -0.15) is 0 Å². The quantitative estimate of drug-likeness (QED) is 0.528. The zero-order valence-electron chi connectivity index (χ0n) is 15.1. The Morgan fingerprint density at radius 2 is 1.48 bits per heavy atom. The molecule has 4 rings (SSSR count). The van der Waals surface area contributed by atoms with Crippen molar-refractivity contribution < 1.29 is 15.0 Å². The summed E-state index contributed by atoms with van der Waals surface area (Å²) in [6.45, 7) is 1.98. The molecule has 0 spiro atoms. The van der Waals surface area contributed by atoms with E-state index in [0.29, 0.717) is 0 Å². The summed E-state index contributed by atoms with van der Waals surface area (Å²) in [7, 11) is 1.93. The molecule has 0 saturated carbocycles. The van der Waals surface area contributed by atoms with Gasteiger partial charge in [-0.05, 0) is 35.2 Å². The number of aromatic carboxylic acids is 1. The first-order valence-electron chi connectivity index (χ1n) is 8.68. The highest BCUT2D eigenvalue weighted by atomic mass is 16.4. The molecular weight excluding hydrogens is 338 g/mol. The van der Waals surface area contributed by atoms with E-state index in [1.54, 1.807) is 6.07 Å². The number of aromatic hydroxyl groups is 1. The molecule has 0 atom stereocenters. The van der Waals surface area contributed by atoms with Gasteiger partial charge in [-0.3, -0.25) is 0 Å². The van der Waals surface area contributed by atoms with E-state index >= 15 is 0 Å². The minimum atomic E-state index is -1.13. The number of hydrogen-bond acceptors (Lipinski definition) is 2. The van der Waals surface area contributed by atoms with Crippen molar-refractivity contribution >= 4 is 16.9 Å². The van der Waals surface area contributed by atoms with Gasteiger partial charge in [0.1, 0.15) is 11.3 Å². The number of rotatable bonds is 3. The summed E-state index contributed by atoms with van der Waals surface area (Å²) >= 11 is 0. The van der Waals surface area contributed by atoms with Crippen molar-refractivity contribution in [2.24, 2.45) is 7.05 Å². The van der Waals surface area contributed by atoms with Crippen molar-refractivity contribution in [3.05, 3.63) is 77.9 Å². The first kappa shape index (κ1) is 16.9. The number of carboxylic acids is 1. The van der Waals surface area contributed by atoms with E-state index in [-0.39, 0.29) is 11.3 Å². The smallest absolute Gasteiger partial charge is 0.339 e. The van der Waals surface area contributed by atoms with Crippen molar-refractivity contribution in [2.45, 2.75) is 6.92 Å². The second-order valence-electron chi connectivity index (χ2n) is 6.67. The van der Waals surface area contributed by atoms with Crippen molar-refractivity contribution in [3.63, 3.8) is 0 Å². The van der Waals surface area contributed by atoms with E-state index in [1.165, 1.54) is 6.07 Å². The van der Waals surface area contributed by atoms with Gasteiger partial charge < -0.3 is 14.8 Å². The second kappa shape index (κ2) is 6.32. The summed E-state index contributed by atoms with van der Waals surface area (Å²) in [6.07, 6.45) is 0. The molecule has 4 nitrogen and oxygen atoms in total. The molecule has 0 aliphatic rings. The zero-order valence-corrected chi connectivity index (χ0v) is 15.1. The average Bonchev–Trinajstić information content (AvgIpc) is 2.92. The third-order valence-corrected chi connectivity index (χ3v) is 5.07. The van der Waals surface area contributed by atoms with Gasteiger partial charge in [0.15, 0.2) is 0 Å². The molecule has 1 aromatic heterocycles. The topological polar surface area (TPSA) is 62.5 Å². The van der Waals surface area contributed by atoms with Crippen LogP contribution in [0.15, 0.2) is 66.7 Å². The largest absolute Gasteiger partial charge is 0.507 e. The maximum atomic E-state index is 11.3. The second-order valence-corrected chi connectivity index (χ2v) is 6.67. The summed E-state index contributed by atoms with van der Waals surface area (Å²) < 4.78 is 1.99. The highest BCUT2D eigenvalue weighted by molar-refractivity contribution is 6.00. The van der Waals surface area contributed by atoms with Crippen LogP contribution in [0, 0.1) is 6.92 Å². The lowest BCUT2D eigenvalue weighted by Gasteiger charge is -2.08. The summed E-state index contributed by atoms with van der Waals surface area (Å²) in [5, 5.41) is 20.2. The van der Waals surface area contributed by atoms with E-state index in [9.17, 15) is 15.0 Å². The van der Waals surface area contributed by atoms with E-state index in [4.69, 9.17) is 0 Å². The SMILES string of the molecule is Cc1c(-c2ccc(-c3ccccc3)cc2)n(C)c2cc(O)c(C(=O)O)cc12. The predicted molar refractivity (Wildman–Crippen MR) is 107 cm³/mol. The van der Waals surface area contributed by atoms with Crippen LogP contribution in [0.4, 0.5) is 0 Å². The molecule has 134 valence electrons. The number of phenols is 1. The van der Waals surface area contributed by atoms with Crippen LogP contribution in [0.1, 0.15) is 15.9 Å². The lowest BCUT2D eigenvalue weighted by atomic mass is 10.0. The number of aromatic nitrogens is 1. The molecular formula is C23H19NO3. The Morgan fingerprint density at radius 1 is 0.889 bits per heavy atom. The predicted octanol–water partition coefficient (Wildman–Crippen LogP) is 5.22. The van der Waals surface area contributed by atoms with E-state index in [0.717, 1.165) is 38.9 Å². The molecule has 4 heteroatoms. The molecule has 0 aliphatic carbocycles. The van der Waals surface area contributed by atoms with Gasteiger partial charge >= 0.3 is 5.97 Å². The molecule has 27 heavy (non-hydrogen) atoms. The monoisotopic (exact) mass is 357 g/mol. The molecule has 1 heterocycles. The number of benzene rings is 3. The molecule has 3 aromatic carbocycles. The van der Waals surface area contributed by atoms with Crippen LogP contribution < -0.4 is 0 Å². The van der Waals surface area contributed by atoms with E-state index < -0.39 is 5.97 Å². The van der Waals surface area contributed by atoms with Crippen molar-refractivity contribution in [1.29, 1.82) is 0 Å². The van der Waals surface area contributed by atoms with Crippen LogP contribution in [-0.2, 0) is 7.05 Å². The normalized spacial score (nSPS) is 11.0. The number of carbonyl (C=O) groups is 1. The minimum Gasteiger partial charge on any atom is -0.507 e. The highest BCUT2D eigenvalue weighted by Gasteiger charge is 2.18. The van der Waals surface area contributed by atoms with Crippen LogP contribution in [0.5, 0.6) is 5.75 Å². The summed E-state index contributed by atoms with van der Waals surface area (Å²) in [6, 6.07) is 21.6. The third kappa shape index (κ3) is 2.75. The molecule has 4 aromatic rings. The Morgan fingerprint density at radius 3 is 2.11 bits per heavy atom. The van der Waals surface area contributed by atoms with Crippen LogP contribution in [-0.4, -0.2) is 20.7 Å². The molecule has 0 radical (unpaired) electrons. The van der Waals surface area contributed by atoms with Crippen LogP contribution >= 0.6 is 0 Å². The van der Waals surface area contributed by atoms with Crippen LogP contribution in [0.2, 0.25) is 0 Å². The number of fused-ring (bicyclic) bond motifs is 1. The van der Waals surface area contributed by atoms with Gasteiger partial charge in [0, 0.05) is 18.5 Å². The number of aryl methyl sites for hydroxylation is 2. The third-order valence-electron chi connectivity index (χ3n) is 5.07. The fourth-order valence-electron chi connectivity index (χ4n) is 3.69. The molecule has 2 N–H and O–H groups in total. The van der Waals surface area contributed by atoms with E-state index in [1.807, 2.05) is 36.7 Å². The number of carboxylic acid groups (broad SMARTS) is 1. The first-order valence-corrected chi connectivity index (χ1v) is 8.68. The summed E-state index contributed by atoms with van der Waals surface area (Å²) in [5.74, 6) is -1.35. The number of hydrogen-bond donors (Lipinski definition) is 2. The van der Waals surface area contributed by atoms with Gasteiger partial charge in [-0.15, -0.1) is 0 Å². The van der Waals surface area contributed by atoms with Crippen LogP contribution in [0.25, 0.3) is 33.3 Å². The molecule has 0 fully saturated rings. The maximum Gasteiger partial charge on any atom is 0.339 e. The zero-order chi connectivity index (χ0) is 19.1. The summed E-state index contributed by atoms with van der Waals surface area (Å²) in [5.41, 5.74) is 6.06. The minimum absolute atomic E-state index is 0.0813. The lowest BCUT2D eigenvalue weighted by Crippen LogP contribution is -1.97. The van der Waals surface area contributed by atoms with Gasteiger partial charge in [-0.1, -0.05) is 54.6 Å².